The van der Waals surface area contributed by atoms with E-state index < -0.39 is 0 Å². The van der Waals surface area contributed by atoms with Gasteiger partial charge in [0.25, 0.3) is 5.91 Å². The SMILES string of the molecule is CC(C)C1CCC(NC(=O)c2csc(CN)n2)CC1. The Morgan fingerprint density at radius 3 is 2.68 bits per heavy atom. The summed E-state index contributed by atoms with van der Waals surface area (Å²) in [5.41, 5.74) is 6.02. The molecule has 1 aliphatic carbocycles. The zero-order chi connectivity index (χ0) is 13.8. The van der Waals surface area contributed by atoms with Gasteiger partial charge in [-0.25, -0.2) is 4.98 Å². The molecule has 2 rings (SSSR count). The number of nitrogens with zero attached hydrogens (tertiary/aromatic N) is 1. The van der Waals surface area contributed by atoms with Crippen LogP contribution >= 0.6 is 11.3 Å². The normalized spacial score (nSPS) is 23.6. The Morgan fingerprint density at radius 1 is 1.47 bits per heavy atom. The molecule has 1 aliphatic rings. The first-order valence-corrected chi connectivity index (χ1v) is 7.93. The molecule has 1 fully saturated rings. The molecule has 0 radical (unpaired) electrons. The lowest BCUT2D eigenvalue weighted by molar-refractivity contribution is 0.0913. The summed E-state index contributed by atoms with van der Waals surface area (Å²) in [5.74, 6) is 1.52. The van der Waals surface area contributed by atoms with E-state index in [-0.39, 0.29) is 5.91 Å². The summed E-state index contributed by atoms with van der Waals surface area (Å²) in [6.45, 7) is 4.97. The molecular formula is C14H23N3OS. The molecule has 4 nitrogen and oxygen atoms in total. The van der Waals surface area contributed by atoms with Gasteiger partial charge >= 0.3 is 0 Å². The van der Waals surface area contributed by atoms with E-state index in [0.717, 1.165) is 29.7 Å². The van der Waals surface area contributed by atoms with Gasteiger partial charge in [0, 0.05) is 18.0 Å². The van der Waals surface area contributed by atoms with Crippen molar-refractivity contribution in [1.29, 1.82) is 0 Å². The second-order valence-corrected chi connectivity index (χ2v) is 6.60. The van der Waals surface area contributed by atoms with Crippen LogP contribution in [0.2, 0.25) is 0 Å². The zero-order valence-electron chi connectivity index (χ0n) is 11.7. The molecule has 0 atom stereocenters. The Morgan fingerprint density at radius 2 is 2.16 bits per heavy atom. The first kappa shape index (κ1) is 14.5. The Bertz CT molecular complexity index is 422. The number of nitrogens with two attached hydrogens (primary N) is 1. The minimum Gasteiger partial charge on any atom is -0.348 e. The van der Waals surface area contributed by atoms with Crippen LogP contribution in [-0.2, 0) is 6.54 Å². The van der Waals surface area contributed by atoms with Gasteiger partial charge in [-0.05, 0) is 37.5 Å². The Hall–Kier alpha value is -0.940. The van der Waals surface area contributed by atoms with Crippen molar-refractivity contribution in [3.8, 4) is 0 Å². The van der Waals surface area contributed by atoms with Crippen molar-refractivity contribution in [1.82, 2.24) is 10.3 Å². The molecule has 5 heteroatoms. The molecule has 19 heavy (non-hydrogen) atoms. The standard InChI is InChI=1S/C14H23N3OS/c1-9(2)10-3-5-11(6-4-10)16-14(18)12-8-19-13(7-15)17-12/h8-11H,3-7,15H2,1-2H3,(H,16,18). The second kappa shape index (κ2) is 6.48. The highest BCUT2D eigenvalue weighted by molar-refractivity contribution is 7.09. The van der Waals surface area contributed by atoms with Crippen molar-refractivity contribution in [2.75, 3.05) is 0 Å². The van der Waals surface area contributed by atoms with Crippen molar-refractivity contribution in [3.63, 3.8) is 0 Å². The maximum atomic E-state index is 12.0. The van der Waals surface area contributed by atoms with Crippen LogP contribution in [0.25, 0.3) is 0 Å². The molecule has 0 aromatic carbocycles. The van der Waals surface area contributed by atoms with Gasteiger partial charge in [0.05, 0.1) is 0 Å². The van der Waals surface area contributed by atoms with Crippen molar-refractivity contribution in [3.05, 3.63) is 16.1 Å². The van der Waals surface area contributed by atoms with E-state index in [1.165, 1.54) is 24.2 Å². The molecule has 1 amide bonds. The third-order valence-electron chi connectivity index (χ3n) is 4.01. The van der Waals surface area contributed by atoms with Crippen LogP contribution in [0.15, 0.2) is 5.38 Å². The Balaban J connectivity index is 1.83. The molecule has 0 spiro atoms. The Kier molecular flexibility index (Phi) is 4.93. The van der Waals surface area contributed by atoms with Gasteiger partial charge in [-0.2, -0.15) is 0 Å². The summed E-state index contributed by atoms with van der Waals surface area (Å²) in [7, 11) is 0. The molecule has 3 N–H and O–H groups in total. The van der Waals surface area contributed by atoms with E-state index in [9.17, 15) is 4.79 Å². The van der Waals surface area contributed by atoms with Crippen molar-refractivity contribution in [2.24, 2.45) is 17.6 Å². The molecular weight excluding hydrogens is 258 g/mol. The van der Waals surface area contributed by atoms with E-state index >= 15 is 0 Å². The van der Waals surface area contributed by atoms with Crippen molar-refractivity contribution in [2.45, 2.75) is 52.1 Å². The predicted molar refractivity (Wildman–Crippen MR) is 78.1 cm³/mol. The largest absolute Gasteiger partial charge is 0.348 e. The predicted octanol–water partition coefficient (Wildman–Crippen LogP) is 2.55. The minimum absolute atomic E-state index is 0.0519. The monoisotopic (exact) mass is 281 g/mol. The molecule has 1 saturated carbocycles. The first-order valence-electron chi connectivity index (χ1n) is 7.05. The van der Waals surface area contributed by atoms with Crippen LogP contribution in [0.1, 0.15) is 55.0 Å². The smallest absolute Gasteiger partial charge is 0.270 e. The van der Waals surface area contributed by atoms with Gasteiger partial charge in [0.15, 0.2) is 0 Å². The fourth-order valence-electron chi connectivity index (χ4n) is 2.70. The topological polar surface area (TPSA) is 68.0 Å². The lowest BCUT2D eigenvalue weighted by Crippen LogP contribution is -2.38. The van der Waals surface area contributed by atoms with Crippen LogP contribution in [0.3, 0.4) is 0 Å². The number of rotatable bonds is 4. The van der Waals surface area contributed by atoms with Crippen LogP contribution < -0.4 is 11.1 Å². The van der Waals surface area contributed by atoms with Crippen molar-refractivity contribution >= 4 is 17.2 Å². The van der Waals surface area contributed by atoms with E-state index in [1.807, 2.05) is 0 Å². The molecule has 0 unspecified atom stereocenters. The number of nitrogens with one attached hydrogen (secondary N) is 1. The summed E-state index contributed by atoms with van der Waals surface area (Å²) in [5, 5.41) is 5.70. The number of aromatic nitrogens is 1. The van der Waals surface area contributed by atoms with Gasteiger partial charge in [-0.3, -0.25) is 4.79 Å². The average Bonchev–Trinajstić information content (AvgIpc) is 2.88. The minimum atomic E-state index is -0.0519. The molecule has 1 heterocycles. The zero-order valence-corrected chi connectivity index (χ0v) is 12.5. The molecule has 1 aromatic heterocycles. The summed E-state index contributed by atoms with van der Waals surface area (Å²) in [6.07, 6.45) is 4.60. The Labute approximate surface area is 118 Å². The number of thiazole rings is 1. The maximum absolute atomic E-state index is 12.0. The van der Waals surface area contributed by atoms with Gasteiger partial charge < -0.3 is 11.1 Å². The van der Waals surface area contributed by atoms with Gasteiger partial charge in [0.1, 0.15) is 10.7 Å². The van der Waals surface area contributed by atoms with Crippen LogP contribution in [0.5, 0.6) is 0 Å². The molecule has 0 saturated heterocycles. The molecule has 106 valence electrons. The summed E-state index contributed by atoms with van der Waals surface area (Å²) >= 11 is 1.45. The number of carbonyl (C=O) groups is 1. The maximum Gasteiger partial charge on any atom is 0.270 e. The molecule has 1 aromatic rings. The average molecular weight is 281 g/mol. The number of hydrogen-bond donors (Lipinski definition) is 2. The summed E-state index contributed by atoms with van der Waals surface area (Å²) in [4.78, 5) is 16.3. The molecule has 0 bridgehead atoms. The third kappa shape index (κ3) is 3.76. The number of carbonyl (C=O) groups excluding carboxylic acids is 1. The first-order chi connectivity index (χ1) is 9.10. The lowest BCUT2D eigenvalue weighted by Gasteiger charge is -2.31. The molecule has 0 aliphatic heterocycles. The van der Waals surface area contributed by atoms with Gasteiger partial charge in [-0.15, -0.1) is 11.3 Å². The summed E-state index contributed by atoms with van der Waals surface area (Å²) < 4.78 is 0. The second-order valence-electron chi connectivity index (χ2n) is 5.66. The van der Waals surface area contributed by atoms with Gasteiger partial charge in [0.2, 0.25) is 0 Å². The third-order valence-corrected chi connectivity index (χ3v) is 4.88. The number of amides is 1. The lowest BCUT2D eigenvalue weighted by atomic mass is 9.80. The van der Waals surface area contributed by atoms with E-state index in [0.29, 0.717) is 18.3 Å². The highest BCUT2D eigenvalue weighted by Crippen LogP contribution is 2.29. The fourth-order valence-corrected chi connectivity index (χ4v) is 3.35. The highest BCUT2D eigenvalue weighted by atomic mass is 32.1. The van der Waals surface area contributed by atoms with Gasteiger partial charge in [-0.1, -0.05) is 13.8 Å². The quantitative estimate of drug-likeness (QED) is 0.891. The fraction of sp³-hybridized carbons (Fsp3) is 0.714. The van der Waals surface area contributed by atoms with E-state index in [4.69, 9.17) is 5.73 Å². The summed E-state index contributed by atoms with van der Waals surface area (Å²) in [6, 6.07) is 0.311. The highest BCUT2D eigenvalue weighted by Gasteiger charge is 2.24. The van der Waals surface area contributed by atoms with Crippen LogP contribution in [-0.4, -0.2) is 16.9 Å². The number of hydrogen-bond acceptors (Lipinski definition) is 4. The van der Waals surface area contributed by atoms with E-state index in [1.54, 1.807) is 5.38 Å². The van der Waals surface area contributed by atoms with E-state index in [2.05, 4.69) is 24.1 Å². The van der Waals surface area contributed by atoms with Crippen LogP contribution in [0, 0.1) is 11.8 Å². The van der Waals surface area contributed by atoms with Crippen molar-refractivity contribution < 1.29 is 4.79 Å². The van der Waals surface area contributed by atoms with Crippen LogP contribution in [0.4, 0.5) is 0 Å².